The first-order valence-corrected chi connectivity index (χ1v) is 11.2. The Kier molecular flexibility index (Phi) is 5.80. The van der Waals surface area contributed by atoms with E-state index in [1.54, 1.807) is 55.5 Å². The minimum atomic E-state index is -1.50. The molecule has 3 aromatic carbocycles. The topological polar surface area (TPSA) is 134 Å². The first-order valence-electron chi connectivity index (χ1n) is 11.2. The van der Waals surface area contributed by atoms with Crippen LogP contribution in [0.5, 0.6) is 11.5 Å². The van der Waals surface area contributed by atoms with Crippen molar-refractivity contribution >= 4 is 11.8 Å². The number of ketones is 1. The number of benzene rings is 3. The van der Waals surface area contributed by atoms with E-state index in [2.05, 4.69) is 0 Å². The highest BCUT2D eigenvalue weighted by Crippen LogP contribution is 2.47. The van der Waals surface area contributed by atoms with Crippen LogP contribution in [0.1, 0.15) is 48.9 Å². The number of carbonyl (C=O) groups is 2. The zero-order valence-corrected chi connectivity index (χ0v) is 18.8. The number of aromatic hydroxyl groups is 2. The van der Waals surface area contributed by atoms with Crippen molar-refractivity contribution in [3.63, 3.8) is 0 Å². The van der Waals surface area contributed by atoms with Crippen LogP contribution >= 0.6 is 0 Å². The van der Waals surface area contributed by atoms with Gasteiger partial charge in [-0.3, -0.25) is 4.79 Å². The summed E-state index contributed by atoms with van der Waals surface area (Å²) in [7, 11) is 0. The summed E-state index contributed by atoms with van der Waals surface area (Å²) in [5.41, 5.74) is 1.82. The second-order valence-electron chi connectivity index (χ2n) is 8.89. The van der Waals surface area contributed by atoms with Crippen LogP contribution in [0.25, 0.3) is 0 Å². The largest absolute Gasteiger partial charge is 0.507 e. The summed E-state index contributed by atoms with van der Waals surface area (Å²) in [6.45, 7) is 1.55. The lowest BCUT2D eigenvalue weighted by Crippen LogP contribution is -2.56. The Morgan fingerprint density at radius 1 is 0.914 bits per heavy atom. The van der Waals surface area contributed by atoms with Crippen molar-refractivity contribution in [2.24, 2.45) is 0 Å². The van der Waals surface area contributed by atoms with Gasteiger partial charge in [-0.1, -0.05) is 36.4 Å². The molecular formula is C27H24O8. The van der Waals surface area contributed by atoms with Gasteiger partial charge in [0.2, 0.25) is 5.78 Å². The predicted molar refractivity (Wildman–Crippen MR) is 124 cm³/mol. The van der Waals surface area contributed by atoms with Crippen LogP contribution in [-0.4, -0.2) is 63.2 Å². The fraction of sp³-hybridized carbons (Fsp3) is 0.259. The van der Waals surface area contributed by atoms with Gasteiger partial charge in [-0.25, -0.2) is 4.79 Å². The number of aryl methyl sites for hydroxylation is 1. The number of carbonyl (C=O) groups excluding carboxylic acids is 2. The first-order chi connectivity index (χ1) is 16.8. The predicted octanol–water partition coefficient (Wildman–Crippen LogP) is 2.43. The van der Waals surface area contributed by atoms with E-state index in [1.807, 2.05) is 0 Å². The second kappa shape index (κ2) is 8.81. The summed E-state index contributed by atoms with van der Waals surface area (Å²) in [5, 5.41) is 43.0. The van der Waals surface area contributed by atoms with Crippen LogP contribution in [0.4, 0.5) is 0 Å². The van der Waals surface area contributed by atoms with Gasteiger partial charge in [-0.2, -0.15) is 0 Å². The molecule has 180 valence electrons. The molecular weight excluding hydrogens is 452 g/mol. The van der Waals surface area contributed by atoms with Crippen LogP contribution in [0.2, 0.25) is 0 Å². The maximum Gasteiger partial charge on any atom is 0.338 e. The number of esters is 1. The van der Waals surface area contributed by atoms with Crippen molar-refractivity contribution in [2.75, 3.05) is 6.61 Å². The van der Waals surface area contributed by atoms with Gasteiger partial charge in [0.1, 0.15) is 23.7 Å². The lowest BCUT2D eigenvalue weighted by atomic mass is 9.71. The summed E-state index contributed by atoms with van der Waals surface area (Å²) in [6, 6.07) is 16.0. The second-order valence-corrected chi connectivity index (χ2v) is 8.89. The van der Waals surface area contributed by atoms with E-state index >= 15 is 0 Å². The molecule has 0 radical (unpaired) electrons. The molecule has 1 aliphatic carbocycles. The summed E-state index contributed by atoms with van der Waals surface area (Å²) in [6.07, 6.45) is -5.14. The van der Waals surface area contributed by atoms with Gasteiger partial charge >= 0.3 is 5.97 Å². The van der Waals surface area contributed by atoms with Gasteiger partial charge in [-0.05, 0) is 47.9 Å². The molecule has 1 heterocycles. The minimum Gasteiger partial charge on any atom is -0.507 e. The standard InChI is InChI=1S/C27H24O8/c1-13-10-16-20(15-8-5-9-17(28)21(15)24(31)22(16)18(29)11-13)26-25(32)23(30)19(12-34-26)35-27(33)14-6-3-2-4-7-14/h2-11,19-20,23,25-26,28-30,32H,12H2,1H3/t19-,20-,23-,25+,26+/m0/s1. The van der Waals surface area contributed by atoms with Gasteiger partial charge < -0.3 is 29.9 Å². The van der Waals surface area contributed by atoms with E-state index in [0.29, 0.717) is 22.3 Å². The number of aliphatic hydroxyl groups is 2. The highest BCUT2D eigenvalue weighted by molar-refractivity contribution is 6.16. The van der Waals surface area contributed by atoms with E-state index in [4.69, 9.17) is 9.47 Å². The fourth-order valence-corrected chi connectivity index (χ4v) is 4.99. The Hall–Kier alpha value is -3.72. The summed E-state index contributed by atoms with van der Waals surface area (Å²) in [4.78, 5) is 25.7. The minimum absolute atomic E-state index is 0.00655. The normalized spacial score (nSPS) is 25.5. The first kappa shape index (κ1) is 23.0. The molecule has 1 aliphatic heterocycles. The molecule has 5 rings (SSSR count). The van der Waals surface area contributed by atoms with E-state index < -0.39 is 42.1 Å². The van der Waals surface area contributed by atoms with Crippen molar-refractivity contribution in [2.45, 2.75) is 37.3 Å². The van der Waals surface area contributed by atoms with Gasteiger partial charge in [-0.15, -0.1) is 0 Å². The Morgan fingerprint density at radius 2 is 1.63 bits per heavy atom. The Balaban J connectivity index is 1.50. The third kappa shape index (κ3) is 3.85. The lowest BCUT2D eigenvalue weighted by molar-refractivity contribution is -0.191. The molecule has 8 nitrogen and oxygen atoms in total. The Labute approximate surface area is 201 Å². The van der Waals surface area contributed by atoms with Gasteiger partial charge in [0, 0.05) is 5.92 Å². The number of hydrogen-bond donors (Lipinski definition) is 4. The van der Waals surface area contributed by atoms with Crippen LogP contribution in [0.15, 0.2) is 60.7 Å². The van der Waals surface area contributed by atoms with Crippen molar-refractivity contribution in [3.05, 3.63) is 94.0 Å². The molecule has 4 N–H and O–H groups in total. The Morgan fingerprint density at radius 3 is 2.37 bits per heavy atom. The smallest absolute Gasteiger partial charge is 0.338 e. The zero-order valence-electron chi connectivity index (χ0n) is 18.8. The van der Waals surface area contributed by atoms with Crippen LogP contribution < -0.4 is 0 Å². The van der Waals surface area contributed by atoms with Crippen molar-refractivity contribution in [1.29, 1.82) is 0 Å². The molecule has 2 aliphatic rings. The molecule has 5 atom stereocenters. The average Bonchev–Trinajstić information content (AvgIpc) is 2.83. The third-order valence-corrected chi connectivity index (χ3v) is 6.61. The number of fused-ring (bicyclic) bond motifs is 2. The van der Waals surface area contributed by atoms with E-state index in [9.17, 15) is 30.0 Å². The SMILES string of the molecule is Cc1cc(O)c2c(c1)[C@@H]([C@H]1OC[C@H](OC(=O)c3ccccc3)[C@H](O)[C@H]1O)c1cccc(O)c1C2=O. The molecule has 0 aromatic heterocycles. The van der Waals surface area contributed by atoms with Gasteiger partial charge in [0.15, 0.2) is 6.10 Å². The number of hydrogen-bond acceptors (Lipinski definition) is 8. The van der Waals surface area contributed by atoms with Gasteiger partial charge in [0.05, 0.1) is 29.4 Å². The number of ether oxygens (including phenoxy) is 2. The molecule has 0 amide bonds. The van der Waals surface area contributed by atoms with E-state index in [-0.39, 0.29) is 29.2 Å². The maximum absolute atomic E-state index is 13.2. The summed E-state index contributed by atoms with van der Waals surface area (Å²) in [5.74, 6) is -2.49. The molecule has 1 fully saturated rings. The summed E-state index contributed by atoms with van der Waals surface area (Å²) < 4.78 is 11.4. The molecule has 0 bridgehead atoms. The zero-order chi connectivity index (χ0) is 24.9. The van der Waals surface area contributed by atoms with E-state index in [1.165, 1.54) is 12.1 Å². The Bertz CT molecular complexity index is 1300. The maximum atomic E-state index is 13.2. The molecule has 35 heavy (non-hydrogen) atoms. The average molecular weight is 476 g/mol. The molecule has 1 saturated heterocycles. The van der Waals surface area contributed by atoms with Crippen molar-refractivity contribution in [1.82, 2.24) is 0 Å². The highest BCUT2D eigenvalue weighted by Gasteiger charge is 2.48. The molecule has 3 aromatic rings. The highest BCUT2D eigenvalue weighted by atomic mass is 16.6. The third-order valence-electron chi connectivity index (χ3n) is 6.61. The lowest BCUT2D eigenvalue weighted by Gasteiger charge is -2.42. The van der Waals surface area contributed by atoms with Crippen LogP contribution in [-0.2, 0) is 9.47 Å². The number of phenolic OH excluding ortho intramolecular Hbond substituents is 2. The molecule has 0 spiro atoms. The molecule has 0 unspecified atom stereocenters. The monoisotopic (exact) mass is 476 g/mol. The number of rotatable bonds is 3. The fourth-order valence-electron chi connectivity index (χ4n) is 4.99. The van der Waals surface area contributed by atoms with Crippen molar-refractivity contribution < 1.29 is 39.5 Å². The molecule has 0 saturated carbocycles. The van der Waals surface area contributed by atoms with Gasteiger partial charge in [0.25, 0.3) is 0 Å². The quantitative estimate of drug-likeness (QED) is 0.424. The number of phenols is 2. The van der Waals surface area contributed by atoms with E-state index in [0.717, 1.165) is 0 Å². The summed E-state index contributed by atoms with van der Waals surface area (Å²) >= 11 is 0. The van der Waals surface area contributed by atoms with Crippen molar-refractivity contribution in [3.8, 4) is 11.5 Å². The molecule has 8 heteroatoms. The number of aliphatic hydroxyl groups excluding tert-OH is 2. The van der Waals surface area contributed by atoms with Crippen LogP contribution in [0.3, 0.4) is 0 Å². The van der Waals surface area contributed by atoms with Crippen LogP contribution in [0, 0.1) is 6.92 Å².